The van der Waals surface area contributed by atoms with Crippen molar-refractivity contribution in [3.05, 3.63) is 12.2 Å². The zero-order valence-electron chi connectivity index (χ0n) is 7.60. The quantitative estimate of drug-likeness (QED) is 0.295. The first-order valence-electron chi connectivity index (χ1n) is 5.30. The molecule has 0 aromatic heterocycles. The zero-order chi connectivity index (χ0) is 9.45. The van der Waals surface area contributed by atoms with Crippen molar-refractivity contribution >= 4 is 28.6 Å². The van der Waals surface area contributed by atoms with Crippen LogP contribution in [0.5, 0.6) is 0 Å². The van der Waals surface area contributed by atoms with Crippen LogP contribution in [0.4, 0.5) is 0 Å². The Bertz CT molecular complexity index is 351. The molecule has 14 heavy (non-hydrogen) atoms. The van der Waals surface area contributed by atoms with Gasteiger partial charge in [0.25, 0.3) is 0 Å². The summed E-state index contributed by atoms with van der Waals surface area (Å²) in [6.07, 6.45) is 6.01. The summed E-state index contributed by atoms with van der Waals surface area (Å²) in [5.41, 5.74) is 0. The Morgan fingerprint density at radius 3 is 3.07 bits per heavy atom. The molecule has 7 atom stereocenters. The van der Waals surface area contributed by atoms with Crippen LogP contribution in [-0.2, 0) is 9.53 Å². The molecule has 0 aromatic rings. The van der Waals surface area contributed by atoms with Crippen LogP contribution < -0.4 is 0 Å². The molecule has 3 aliphatic carbocycles. The molecule has 4 aliphatic rings. The van der Waals surface area contributed by atoms with Gasteiger partial charge in [0.15, 0.2) is 0 Å². The molecule has 4 rings (SSSR count). The number of alkyl halides is 1. The van der Waals surface area contributed by atoms with Gasteiger partial charge in [-0.25, -0.2) is 0 Å². The minimum absolute atomic E-state index is 0.0860. The number of hydrogen-bond acceptors (Lipinski definition) is 2. The van der Waals surface area contributed by atoms with Crippen molar-refractivity contribution in [3.8, 4) is 0 Å². The average Bonchev–Trinajstić information content (AvgIpc) is 2.78. The Balaban J connectivity index is 1.86. The smallest absolute Gasteiger partial charge is 0.309 e. The molecule has 1 heterocycles. The van der Waals surface area contributed by atoms with Crippen LogP contribution in [0, 0.1) is 29.6 Å². The number of ether oxygens (including phenoxy) is 1. The maximum atomic E-state index is 11.6. The summed E-state index contributed by atoms with van der Waals surface area (Å²) in [7, 11) is 0. The van der Waals surface area contributed by atoms with Gasteiger partial charge in [-0.3, -0.25) is 4.79 Å². The molecule has 2 nitrogen and oxygen atoms in total. The Morgan fingerprint density at radius 1 is 1.36 bits per heavy atom. The molecule has 0 bridgehead atoms. The van der Waals surface area contributed by atoms with E-state index < -0.39 is 0 Å². The topological polar surface area (TPSA) is 26.3 Å². The Hall–Kier alpha value is -0.0600. The lowest BCUT2D eigenvalue weighted by molar-refractivity contribution is -0.144. The number of esters is 1. The second kappa shape index (κ2) is 2.36. The van der Waals surface area contributed by atoms with E-state index in [9.17, 15) is 4.79 Å². The number of carbonyl (C=O) groups is 1. The predicted molar refractivity (Wildman–Crippen MR) is 58.9 cm³/mol. The molecule has 0 aromatic carbocycles. The van der Waals surface area contributed by atoms with Gasteiger partial charge in [0.1, 0.15) is 6.10 Å². The lowest BCUT2D eigenvalue weighted by Crippen LogP contribution is -2.21. The van der Waals surface area contributed by atoms with Gasteiger partial charge in [-0.2, -0.15) is 0 Å². The fourth-order valence-corrected chi connectivity index (χ4v) is 5.47. The predicted octanol–water partition coefficient (Wildman–Crippen LogP) is 1.78. The first-order valence-corrected chi connectivity index (χ1v) is 6.55. The molecule has 1 aliphatic heterocycles. The van der Waals surface area contributed by atoms with E-state index in [4.69, 9.17) is 4.74 Å². The lowest BCUT2D eigenvalue weighted by atomic mass is 9.89. The normalized spacial score (nSPS) is 62.1. The third kappa shape index (κ3) is 0.708. The van der Waals surface area contributed by atoms with Crippen molar-refractivity contribution in [1.29, 1.82) is 0 Å². The number of halogens is 1. The SMILES string of the molecule is O=C1O[C@@H]2[C@@H](I)[C@@H]3C=C[C@@H]4C[C@H]1[C@@H]2[C@H]34. The number of rotatable bonds is 0. The zero-order valence-corrected chi connectivity index (χ0v) is 9.76. The summed E-state index contributed by atoms with van der Waals surface area (Å²) in [6, 6.07) is 0. The minimum atomic E-state index is 0.0860. The molecular formula is C11H11IO2. The van der Waals surface area contributed by atoms with E-state index in [-0.39, 0.29) is 18.0 Å². The third-order valence-electron chi connectivity index (χ3n) is 4.57. The van der Waals surface area contributed by atoms with E-state index >= 15 is 0 Å². The van der Waals surface area contributed by atoms with E-state index in [1.165, 1.54) is 0 Å². The largest absolute Gasteiger partial charge is 0.461 e. The molecule has 74 valence electrons. The van der Waals surface area contributed by atoms with Crippen molar-refractivity contribution in [2.75, 3.05) is 0 Å². The first-order chi connectivity index (χ1) is 6.77. The van der Waals surface area contributed by atoms with Crippen LogP contribution in [-0.4, -0.2) is 16.0 Å². The highest BCUT2D eigenvalue weighted by molar-refractivity contribution is 14.1. The van der Waals surface area contributed by atoms with Crippen molar-refractivity contribution in [3.63, 3.8) is 0 Å². The van der Waals surface area contributed by atoms with Crippen molar-refractivity contribution in [2.45, 2.75) is 16.4 Å². The van der Waals surface area contributed by atoms with Gasteiger partial charge < -0.3 is 4.74 Å². The maximum Gasteiger partial charge on any atom is 0.309 e. The molecule has 2 saturated carbocycles. The molecule has 1 saturated heterocycles. The summed E-state index contributed by atoms with van der Waals surface area (Å²) >= 11 is 2.48. The monoisotopic (exact) mass is 302 g/mol. The van der Waals surface area contributed by atoms with Gasteiger partial charge in [0.05, 0.1) is 9.84 Å². The number of carbonyl (C=O) groups excluding carboxylic acids is 1. The Morgan fingerprint density at radius 2 is 2.21 bits per heavy atom. The van der Waals surface area contributed by atoms with Crippen LogP contribution >= 0.6 is 22.6 Å². The molecule has 0 spiro atoms. The highest BCUT2D eigenvalue weighted by atomic mass is 127. The first kappa shape index (κ1) is 8.13. The van der Waals surface area contributed by atoms with Crippen LogP contribution in [0.1, 0.15) is 6.42 Å². The van der Waals surface area contributed by atoms with E-state index in [0.717, 1.165) is 12.3 Å². The van der Waals surface area contributed by atoms with Crippen molar-refractivity contribution < 1.29 is 9.53 Å². The van der Waals surface area contributed by atoms with E-state index in [2.05, 4.69) is 34.7 Å². The van der Waals surface area contributed by atoms with Crippen LogP contribution in [0.25, 0.3) is 0 Å². The minimum Gasteiger partial charge on any atom is -0.461 e. The van der Waals surface area contributed by atoms with Gasteiger partial charge in [-0.15, -0.1) is 0 Å². The molecular weight excluding hydrogens is 291 g/mol. The summed E-state index contributed by atoms with van der Waals surface area (Å²) in [6.45, 7) is 0. The van der Waals surface area contributed by atoms with Gasteiger partial charge in [0, 0.05) is 5.92 Å². The highest BCUT2D eigenvalue weighted by Crippen LogP contribution is 2.63. The maximum absolute atomic E-state index is 11.6. The molecule has 3 fully saturated rings. The molecule has 0 amide bonds. The van der Waals surface area contributed by atoms with Gasteiger partial charge >= 0.3 is 5.97 Å². The second-order valence-corrected chi connectivity index (χ2v) is 6.41. The molecule has 0 N–H and O–H groups in total. The van der Waals surface area contributed by atoms with Gasteiger partial charge in [-0.05, 0) is 24.2 Å². The summed E-state index contributed by atoms with van der Waals surface area (Å²) in [5, 5.41) is 0. The van der Waals surface area contributed by atoms with E-state index in [1.54, 1.807) is 0 Å². The van der Waals surface area contributed by atoms with E-state index in [1.807, 2.05) is 0 Å². The molecule has 0 radical (unpaired) electrons. The third-order valence-corrected chi connectivity index (χ3v) is 6.11. The number of hydrogen-bond donors (Lipinski definition) is 0. The standard InChI is InChI=1S/C11H11IO2/c12-9-5-2-1-4-3-6-8(7(4)5)10(9)14-11(6)13/h1-2,4-10H,3H2/t4-,5-,6+,7+,8-,9+,10+/m1/s1. The van der Waals surface area contributed by atoms with Gasteiger partial charge in [0.2, 0.25) is 0 Å². The van der Waals surface area contributed by atoms with Crippen LogP contribution in [0.2, 0.25) is 0 Å². The highest BCUT2D eigenvalue weighted by Gasteiger charge is 2.66. The van der Waals surface area contributed by atoms with E-state index in [0.29, 0.717) is 21.7 Å². The Labute approximate surface area is 96.2 Å². The summed E-state index contributed by atoms with van der Waals surface area (Å²) < 4.78 is 6.03. The second-order valence-electron chi connectivity index (χ2n) is 4.97. The molecule has 3 heteroatoms. The number of allylic oxidation sites excluding steroid dienone is 2. The molecule has 0 unspecified atom stereocenters. The summed E-state index contributed by atoms with van der Waals surface area (Å²) in [4.78, 5) is 11.6. The van der Waals surface area contributed by atoms with Crippen molar-refractivity contribution in [2.24, 2.45) is 29.6 Å². The average molecular weight is 302 g/mol. The van der Waals surface area contributed by atoms with Crippen LogP contribution in [0.3, 0.4) is 0 Å². The fraction of sp³-hybridized carbons (Fsp3) is 0.727. The van der Waals surface area contributed by atoms with Gasteiger partial charge in [-0.1, -0.05) is 34.7 Å². The Kier molecular flexibility index (Phi) is 1.37. The fourth-order valence-electron chi connectivity index (χ4n) is 4.13. The summed E-state index contributed by atoms with van der Waals surface area (Å²) in [5.74, 6) is 2.98. The lowest BCUT2D eigenvalue weighted by Gasteiger charge is -2.14. The van der Waals surface area contributed by atoms with Crippen LogP contribution in [0.15, 0.2) is 12.2 Å². The van der Waals surface area contributed by atoms with Crippen molar-refractivity contribution in [1.82, 2.24) is 0 Å².